The second kappa shape index (κ2) is 9.39. The average molecular weight is 458 g/mol. The number of hydrogen-bond acceptors (Lipinski definition) is 4. The normalized spacial score (nSPS) is 15.1. The van der Waals surface area contributed by atoms with Crippen LogP contribution < -0.4 is 15.0 Å². The standard InChI is InChI=1S/C27H27N3O4/c1-5-19-9-7-8-10-24(19)30-26(32)23(25(31)28-27(30)33)16-20-15-17(3)29(18(20)4)21-11-13-22(14-12-21)34-6-2/h7-16H,5-6H2,1-4H3,(H,28,31,33)/b23-16+. The Balaban J connectivity index is 1.73. The van der Waals surface area contributed by atoms with Crippen LogP contribution in [0.15, 0.2) is 60.2 Å². The van der Waals surface area contributed by atoms with Crippen molar-refractivity contribution in [3.05, 3.63) is 82.7 Å². The summed E-state index contributed by atoms with van der Waals surface area (Å²) in [4.78, 5) is 39.6. The molecule has 7 heteroatoms. The molecule has 34 heavy (non-hydrogen) atoms. The van der Waals surface area contributed by atoms with Crippen molar-refractivity contribution in [1.29, 1.82) is 0 Å². The van der Waals surface area contributed by atoms with E-state index >= 15 is 0 Å². The summed E-state index contributed by atoms with van der Waals surface area (Å²) in [5, 5.41) is 2.31. The highest BCUT2D eigenvalue weighted by molar-refractivity contribution is 6.39. The first-order chi connectivity index (χ1) is 16.3. The van der Waals surface area contributed by atoms with Gasteiger partial charge < -0.3 is 9.30 Å². The monoisotopic (exact) mass is 457 g/mol. The number of carbonyl (C=O) groups is 3. The van der Waals surface area contributed by atoms with E-state index in [-0.39, 0.29) is 5.57 Å². The maximum Gasteiger partial charge on any atom is 0.335 e. The number of nitrogens with zero attached hydrogens (tertiary/aromatic N) is 2. The number of imide groups is 2. The number of urea groups is 1. The number of carbonyl (C=O) groups excluding carboxylic acids is 3. The van der Waals surface area contributed by atoms with E-state index in [0.29, 0.717) is 18.7 Å². The molecule has 0 bridgehead atoms. The Hall–Kier alpha value is -4.13. The smallest absolute Gasteiger partial charge is 0.335 e. The van der Waals surface area contributed by atoms with Crippen molar-refractivity contribution in [3.8, 4) is 11.4 Å². The second-order valence-corrected chi connectivity index (χ2v) is 8.03. The highest BCUT2D eigenvalue weighted by Gasteiger charge is 2.37. The first-order valence-electron chi connectivity index (χ1n) is 11.3. The van der Waals surface area contributed by atoms with Crippen molar-refractivity contribution in [2.45, 2.75) is 34.1 Å². The van der Waals surface area contributed by atoms with E-state index in [0.717, 1.165) is 38.9 Å². The number of ether oxygens (including phenoxy) is 1. The highest BCUT2D eigenvalue weighted by atomic mass is 16.5. The quantitative estimate of drug-likeness (QED) is 0.429. The molecule has 2 heterocycles. The molecule has 0 unspecified atom stereocenters. The second-order valence-electron chi connectivity index (χ2n) is 8.03. The number of hydrogen-bond donors (Lipinski definition) is 1. The van der Waals surface area contributed by atoms with Gasteiger partial charge in [-0.1, -0.05) is 25.1 Å². The molecule has 0 spiro atoms. The summed E-state index contributed by atoms with van der Waals surface area (Å²) < 4.78 is 7.57. The Bertz CT molecular complexity index is 1300. The molecular formula is C27H27N3O4. The van der Waals surface area contributed by atoms with Gasteiger partial charge in [-0.15, -0.1) is 0 Å². The fraction of sp³-hybridized carbons (Fsp3) is 0.222. The van der Waals surface area contributed by atoms with Crippen LogP contribution in [0.3, 0.4) is 0 Å². The van der Waals surface area contributed by atoms with Crippen LogP contribution in [0.1, 0.15) is 36.4 Å². The van der Waals surface area contributed by atoms with Crippen molar-refractivity contribution in [3.63, 3.8) is 0 Å². The van der Waals surface area contributed by atoms with Crippen LogP contribution in [0.2, 0.25) is 0 Å². The molecule has 4 amide bonds. The molecule has 1 aliphatic rings. The summed E-state index contributed by atoms with van der Waals surface area (Å²) >= 11 is 0. The maximum atomic E-state index is 13.3. The molecule has 0 atom stereocenters. The molecule has 1 N–H and O–H groups in total. The maximum absolute atomic E-state index is 13.3. The zero-order valence-electron chi connectivity index (χ0n) is 19.7. The van der Waals surface area contributed by atoms with Crippen molar-refractivity contribution in [1.82, 2.24) is 9.88 Å². The molecule has 1 aromatic heterocycles. The number of amides is 4. The Morgan fingerprint density at radius 2 is 1.68 bits per heavy atom. The number of nitrogens with one attached hydrogen (secondary N) is 1. The predicted molar refractivity (Wildman–Crippen MR) is 131 cm³/mol. The van der Waals surface area contributed by atoms with Crippen molar-refractivity contribution < 1.29 is 19.1 Å². The average Bonchev–Trinajstić information content (AvgIpc) is 3.10. The molecule has 0 aliphatic carbocycles. The molecule has 1 saturated heterocycles. The van der Waals surface area contributed by atoms with Gasteiger partial charge in [0.15, 0.2) is 0 Å². The Morgan fingerprint density at radius 3 is 2.35 bits per heavy atom. The van der Waals surface area contributed by atoms with Gasteiger partial charge in [-0.3, -0.25) is 14.9 Å². The van der Waals surface area contributed by atoms with Gasteiger partial charge in [0.05, 0.1) is 12.3 Å². The number of benzene rings is 2. The minimum Gasteiger partial charge on any atom is -0.494 e. The zero-order valence-corrected chi connectivity index (χ0v) is 19.7. The van der Waals surface area contributed by atoms with Crippen LogP contribution in [-0.2, 0) is 16.0 Å². The third kappa shape index (κ3) is 4.12. The molecule has 0 saturated carbocycles. The Morgan fingerprint density at radius 1 is 0.971 bits per heavy atom. The summed E-state index contributed by atoms with van der Waals surface area (Å²) in [5.74, 6) is -0.552. The van der Waals surface area contributed by atoms with Crippen LogP contribution in [0.25, 0.3) is 11.8 Å². The first kappa shape index (κ1) is 23.0. The number of anilines is 1. The third-order valence-corrected chi connectivity index (χ3v) is 5.89. The summed E-state index contributed by atoms with van der Waals surface area (Å²) in [6, 6.07) is 16.1. The van der Waals surface area contributed by atoms with Crippen LogP contribution in [0.5, 0.6) is 5.75 Å². The van der Waals surface area contributed by atoms with Gasteiger partial charge in [0.1, 0.15) is 11.3 Å². The van der Waals surface area contributed by atoms with Gasteiger partial charge in [0.2, 0.25) is 0 Å². The van der Waals surface area contributed by atoms with Crippen LogP contribution in [0.4, 0.5) is 10.5 Å². The summed E-state index contributed by atoms with van der Waals surface area (Å²) in [7, 11) is 0. The lowest BCUT2D eigenvalue weighted by Gasteiger charge is -2.28. The predicted octanol–water partition coefficient (Wildman–Crippen LogP) is 4.72. The van der Waals surface area contributed by atoms with Gasteiger partial charge in [0, 0.05) is 17.1 Å². The minimum absolute atomic E-state index is 0.0857. The van der Waals surface area contributed by atoms with Gasteiger partial charge in [0.25, 0.3) is 11.8 Å². The fourth-order valence-corrected chi connectivity index (χ4v) is 4.25. The molecule has 3 aromatic rings. The number of aromatic nitrogens is 1. The van der Waals surface area contributed by atoms with Gasteiger partial charge in [-0.05, 0) is 80.8 Å². The van der Waals surface area contributed by atoms with E-state index < -0.39 is 17.8 Å². The van der Waals surface area contributed by atoms with E-state index in [4.69, 9.17) is 4.74 Å². The van der Waals surface area contributed by atoms with Gasteiger partial charge in [-0.25, -0.2) is 9.69 Å². The molecule has 0 radical (unpaired) electrons. The summed E-state index contributed by atoms with van der Waals surface area (Å²) in [6.07, 6.45) is 2.20. The fourth-order valence-electron chi connectivity index (χ4n) is 4.25. The van der Waals surface area contributed by atoms with E-state index in [1.54, 1.807) is 18.2 Å². The number of aryl methyl sites for hydroxylation is 2. The van der Waals surface area contributed by atoms with Crippen LogP contribution >= 0.6 is 0 Å². The summed E-state index contributed by atoms with van der Waals surface area (Å²) in [6.45, 7) is 8.36. The van der Waals surface area contributed by atoms with Crippen molar-refractivity contribution >= 4 is 29.6 Å². The number of barbiturate groups is 1. The van der Waals surface area contributed by atoms with Gasteiger partial charge in [-0.2, -0.15) is 0 Å². The number of para-hydroxylation sites is 1. The number of rotatable bonds is 6. The summed E-state index contributed by atoms with van der Waals surface area (Å²) in [5.41, 5.74) is 4.71. The van der Waals surface area contributed by atoms with E-state index in [1.165, 1.54) is 0 Å². The SMILES string of the molecule is CCOc1ccc(-n2c(C)cc(/C=C3\C(=O)NC(=O)N(c4ccccc4CC)C3=O)c2C)cc1. The minimum atomic E-state index is -0.743. The molecule has 4 rings (SSSR count). The molecule has 1 fully saturated rings. The van der Waals surface area contributed by atoms with Crippen LogP contribution in [0, 0.1) is 13.8 Å². The lowest BCUT2D eigenvalue weighted by atomic mass is 10.0. The Labute approximate surface area is 198 Å². The topological polar surface area (TPSA) is 80.6 Å². The van der Waals surface area contributed by atoms with E-state index in [2.05, 4.69) is 5.32 Å². The van der Waals surface area contributed by atoms with E-state index in [9.17, 15) is 14.4 Å². The van der Waals surface area contributed by atoms with Crippen LogP contribution in [-0.4, -0.2) is 29.0 Å². The lowest BCUT2D eigenvalue weighted by Crippen LogP contribution is -2.54. The third-order valence-electron chi connectivity index (χ3n) is 5.89. The van der Waals surface area contributed by atoms with E-state index in [1.807, 2.05) is 74.7 Å². The highest BCUT2D eigenvalue weighted by Crippen LogP contribution is 2.28. The molecule has 7 nitrogen and oxygen atoms in total. The van der Waals surface area contributed by atoms with Crippen molar-refractivity contribution in [2.24, 2.45) is 0 Å². The van der Waals surface area contributed by atoms with Crippen molar-refractivity contribution in [2.75, 3.05) is 11.5 Å². The molecule has 2 aromatic carbocycles. The molecular weight excluding hydrogens is 430 g/mol. The zero-order chi connectivity index (χ0) is 24.4. The lowest BCUT2D eigenvalue weighted by molar-refractivity contribution is -0.122. The van der Waals surface area contributed by atoms with Gasteiger partial charge >= 0.3 is 6.03 Å². The largest absolute Gasteiger partial charge is 0.494 e. The first-order valence-corrected chi connectivity index (χ1v) is 11.3. The Kier molecular flexibility index (Phi) is 6.36. The molecule has 1 aliphatic heterocycles. The molecule has 174 valence electrons.